The number of hydrogen-bond donors (Lipinski definition) is 0. The van der Waals surface area contributed by atoms with Gasteiger partial charge in [0.2, 0.25) is 0 Å². The van der Waals surface area contributed by atoms with Crippen LogP contribution in [0.15, 0.2) is 176 Å². The van der Waals surface area contributed by atoms with E-state index in [9.17, 15) is 0 Å². The fourth-order valence-corrected chi connectivity index (χ4v) is 10.9. The zero-order valence-corrected chi connectivity index (χ0v) is 34.7. The minimum absolute atomic E-state index is 0.239. The van der Waals surface area contributed by atoms with Crippen LogP contribution in [-0.4, -0.2) is 4.57 Å². The Kier molecular flexibility index (Phi) is 7.75. The molecule has 9 aromatic carbocycles. The van der Waals surface area contributed by atoms with Gasteiger partial charge in [0.1, 0.15) is 0 Å². The standard InChI is InChI=1S/C56H41N.C2H6/c1-55(2)47-29-23-36-19-11-13-21-41(36)49(47)45-27-25-43-44-26-28-46-50-42-22-14-12-20-37(42)24-30-48(50)56(3,4)52(46)54(44)57(53(43)51(45)55)40-32-38(34-15-7-5-8-16-34)31-39(33-40)35-17-9-6-10-18-35;1-2/h5-33H,1-4H3;1-2H3. The van der Waals surface area contributed by atoms with Crippen molar-refractivity contribution < 1.29 is 0 Å². The summed E-state index contributed by atoms with van der Waals surface area (Å²) >= 11 is 0. The predicted molar refractivity (Wildman–Crippen MR) is 253 cm³/mol. The van der Waals surface area contributed by atoms with Gasteiger partial charge >= 0.3 is 0 Å². The molecule has 1 aromatic heterocycles. The summed E-state index contributed by atoms with van der Waals surface area (Å²) in [6.45, 7) is 13.8. The molecule has 0 spiro atoms. The first-order chi connectivity index (χ1) is 28.8. The van der Waals surface area contributed by atoms with Gasteiger partial charge in [-0.3, -0.25) is 0 Å². The number of benzene rings is 9. The van der Waals surface area contributed by atoms with Gasteiger partial charge in [0.25, 0.3) is 0 Å². The summed E-state index contributed by atoms with van der Waals surface area (Å²) < 4.78 is 2.69. The summed E-state index contributed by atoms with van der Waals surface area (Å²) in [6.07, 6.45) is 0. The van der Waals surface area contributed by atoms with E-state index in [1.54, 1.807) is 0 Å². The maximum absolute atomic E-state index is 2.69. The largest absolute Gasteiger partial charge is 0.309 e. The van der Waals surface area contributed by atoms with E-state index in [4.69, 9.17) is 0 Å². The van der Waals surface area contributed by atoms with Gasteiger partial charge in [-0.2, -0.15) is 0 Å². The molecular formula is C58H47N. The van der Waals surface area contributed by atoms with E-state index in [-0.39, 0.29) is 10.8 Å². The fraction of sp³-hybridized carbons (Fsp3) is 0.138. The first kappa shape index (κ1) is 35.5. The summed E-state index contributed by atoms with van der Waals surface area (Å²) in [7, 11) is 0. The molecule has 0 saturated heterocycles. The molecule has 0 saturated carbocycles. The molecule has 1 nitrogen and oxygen atoms in total. The van der Waals surface area contributed by atoms with E-state index >= 15 is 0 Å². The second-order valence-corrected chi connectivity index (χ2v) is 17.3. The molecule has 2 aliphatic rings. The van der Waals surface area contributed by atoms with E-state index in [2.05, 4.69) is 208 Å². The molecule has 12 rings (SSSR count). The summed E-state index contributed by atoms with van der Waals surface area (Å²) in [4.78, 5) is 0. The molecule has 2 aliphatic carbocycles. The summed E-state index contributed by atoms with van der Waals surface area (Å²) in [5.41, 5.74) is 19.2. The van der Waals surface area contributed by atoms with E-state index in [0.29, 0.717) is 0 Å². The highest BCUT2D eigenvalue weighted by Crippen LogP contribution is 2.58. The molecular weight excluding hydrogens is 711 g/mol. The topological polar surface area (TPSA) is 4.93 Å². The molecule has 0 fully saturated rings. The van der Waals surface area contributed by atoms with Crippen molar-refractivity contribution >= 4 is 43.4 Å². The Morgan fingerprint density at radius 2 is 0.763 bits per heavy atom. The second kappa shape index (κ2) is 12.9. The molecule has 0 radical (unpaired) electrons. The zero-order valence-electron chi connectivity index (χ0n) is 34.7. The highest BCUT2D eigenvalue weighted by Gasteiger charge is 2.43. The van der Waals surface area contributed by atoms with E-state index in [1.165, 1.54) is 116 Å². The molecule has 1 heteroatoms. The van der Waals surface area contributed by atoms with Crippen LogP contribution in [0.3, 0.4) is 0 Å². The van der Waals surface area contributed by atoms with Gasteiger partial charge in [0.15, 0.2) is 0 Å². The van der Waals surface area contributed by atoms with Gasteiger partial charge in [0, 0.05) is 27.3 Å². The summed E-state index contributed by atoms with van der Waals surface area (Å²) in [5, 5.41) is 7.83. The van der Waals surface area contributed by atoms with Crippen LogP contribution in [0.4, 0.5) is 0 Å². The van der Waals surface area contributed by atoms with Gasteiger partial charge in [-0.05, 0) is 107 Å². The Hall–Kier alpha value is -6.70. The predicted octanol–water partition coefficient (Wildman–Crippen LogP) is 16.1. The number of nitrogens with zero attached hydrogens (tertiary/aromatic N) is 1. The highest BCUT2D eigenvalue weighted by molar-refractivity contribution is 6.18. The van der Waals surface area contributed by atoms with Crippen LogP contribution in [-0.2, 0) is 10.8 Å². The molecule has 1 heterocycles. The molecule has 284 valence electrons. The van der Waals surface area contributed by atoms with Crippen molar-refractivity contribution in [1.82, 2.24) is 4.57 Å². The van der Waals surface area contributed by atoms with Crippen molar-refractivity contribution in [3.63, 3.8) is 0 Å². The quantitative estimate of drug-likeness (QED) is 0.169. The highest BCUT2D eigenvalue weighted by atomic mass is 15.0. The van der Waals surface area contributed by atoms with Crippen molar-refractivity contribution in [2.24, 2.45) is 0 Å². The fourth-order valence-electron chi connectivity index (χ4n) is 10.9. The van der Waals surface area contributed by atoms with Gasteiger partial charge < -0.3 is 4.57 Å². The lowest BCUT2D eigenvalue weighted by molar-refractivity contribution is 0.661. The van der Waals surface area contributed by atoms with Crippen LogP contribution in [0.2, 0.25) is 0 Å². The maximum atomic E-state index is 2.69. The third-order valence-corrected chi connectivity index (χ3v) is 13.5. The first-order valence-electron chi connectivity index (χ1n) is 21.3. The van der Waals surface area contributed by atoms with Crippen molar-refractivity contribution in [2.45, 2.75) is 52.4 Å². The lowest BCUT2D eigenvalue weighted by atomic mass is 9.81. The van der Waals surface area contributed by atoms with Crippen LogP contribution in [0.1, 0.15) is 63.8 Å². The van der Waals surface area contributed by atoms with E-state index < -0.39 is 0 Å². The second-order valence-electron chi connectivity index (χ2n) is 17.3. The van der Waals surface area contributed by atoms with Crippen LogP contribution < -0.4 is 0 Å². The molecule has 0 N–H and O–H groups in total. The van der Waals surface area contributed by atoms with Crippen LogP contribution >= 0.6 is 0 Å². The molecule has 0 bridgehead atoms. The van der Waals surface area contributed by atoms with E-state index in [1.807, 2.05) is 13.8 Å². The van der Waals surface area contributed by atoms with Gasteiger partial charge in [0.05, 0.1) is 11.0 Å². The average molecular weight is 758 g/mol. The Balaban J connectivity index is 0.00000196. The molecule has 0 aliphatic heterocycles. The van der Waals surface area contributed by atoms with E-state index in [0.717, 1.165) is 0 Å². The lowest BCUT2D eigenvalue weighted by Crippen LogP contribution is -2.18. The van der Waals surface area contributed by atoms with Crippen LogP contribution in [0.25, 0.3) is 93.5 Å². The SMILES string of the molecule is CC.CC1(C)c2ccc3ccccc3c2-c2ccc3c4ccc5c(c4n(-c4cc(-c6ccccc6)cc(-c6ccccc6)c4)c3c21)C(C)(C)c1ccc2ccccc2c1-5. The van der Waals surface area contributed by atoms with Gasteiger partial charge in [-0.15, -0.1) is 0 Å². The number of hydrogen-bond acceptors (Lipinski definition) is 0. The monoisotopic (exact) mass is 757 g/mol. The minimum atomic E-state index is -0.239. The number of fused-ring (bicyclic) bond motifs is 15. The van der Waals surface area contributed by atoms with Crippen LogP contribution in [0, 0.1) is 0 Å². The van der Waals surface area contributed by atoms with Gasteiger partial charge in [-0.25, -0.2) is 0 Å². The maximum Gasteiger partial charge on any atom is 0.0588 e. The molecule has 59 heavy (non-hydrogen) atoms. The molecule has 0 amide bonds. The molecule has 0 unspecified atom stereocenters. The Labute approximate surface area is 347 Å². The Morgan fingerprint density at radius 3 is 1.20 bits per heavy atom. The smallest absolute Gasteiger partial charge is 0.0588 e. The molecule has 10 aromatic rings. The third-order valence-electron chi connectivity index (χ3n) is 13.5. The average Bonchev–Trinajstić information content (AvgIpc) is 3.84. The van der Waals surface area contributed by atoms with Crippen molar-refractivity contribution in [3.05, 3.63) is 198 Å². The zero-order chi connectivity index (χ0) is 40.2. The first-order valence-corrected chi connectivity index (χ1v) is 21.3. The van der Waals surface area contributed by atoms with Crippen molar-refractivity contribution in [2.75, 3.05) is 0 Å². The molecule has 0 atom stereocenters. The van der Waals surface area contributed by atoms with Crippen molar-refractivity contribution in [3.8, 4) is 50.2 Å². The van der Waals surface area contributed by atoms with Crippen LogP contribution in [0.5, 0.6) is 0 Å². The third kappa shape index (κ3) is 4.91. The number of rotatable bonds is 3. The minimum Gasteiger partial charge on any atom is -0.309 e. The normalized spacial score (nSPS) is 14.2. The Bertz CT molecular complexity index is 3100. The summed E-state index contributed by atoms with van der Waals surface area (Å²) in [5.74, 6) is 0. The summed E-state index contributed by atoms with van der Waals surface area (Å²) in [6, 6.07) is 66.0. The number of aromatic nitrogens is 1. The Morgan fingerprint density at radius 1 is 0.356 bits per heavy atom. The van der Waals surface area contributed by atoms with Crippen molar-refractivity contribution in [1.29, 1.82) is 0 Å². The lowest BCUT2D eigenvalue weighted by Gasteiger charge is -2.26. The van der Waals surface area contributed by atoms with Gasteiger partial charge in [-0.1, -0.05) is 199 Å².